The summed E-state index contributed by atoms with van der Waals surface area (Å²) in [4.78, 5) is 38.5. The molecule has 2 N–H and O–H groups in total. The Labute approximate surface area is 137 Å². The Morgan fingerprint density at radius 2 is 1.75 bits per heavy atom. The van der Waals surface area contributed by atoms with E-state index in [1.807, 2.05) is 32.0 Å². The standard InChI is InChI=1S/C18H17N3O3/c1-11-7-12(2)9-13(8-11)19-16(22)10-21-15-6-4-3-5-14(15)17(23)20-18(21)24/h3-9H,10H2,1-2H3,(H,19,22)(H,20,23,24). The summed E-state index contributed by atoms with van der Waals surface area (Å²) < 4.78 is 1.26. The molecule has 3 rings (SSSR count). The summed E-state index contributed by atoms with van der Waals surface area (Å²) in [7, 11) is 0. The summed E-state index contributed by atoms with van der Waals surface area (Å²) in [5, 5.41) is 3.16. The molecule has 0 atom stereocenters. The van der Waals surface area contributed by atoms with Crippen molar-refractivity contribution >= 4 is 22.5 Å². The number of amides is 1. The number of aryl methyl sites for hydroxylation is 2. The van der Waals surface area contributed by atoms with Crippen LogP contribution in [0.25, 0.3) is 10.9 Å². The van der Waals surface area contributed by atoms with Crippen LogP contribution >= 0.6 is 0 Å². The molecule has 0 aliphatic rings. The largest absolute Gasteiger partial charge is 0.329 e. The molecular formula is C18H17N3O3. The summed E-state index contributed by atoms with van der Waals surface area (Å²) in [6.45, 7) is 3.72. The van der Waals surface area contributed by atoms with Crippen molar-refractivity contribution in [3.05, 3.63) is 74.4 Å². The van der Waals surface area contributed by atoms with Crippen LogP contribution in [0.5, 0.6) is 0 Å². The fraction of sp³-hybridized carbons (Fsp3) is 0.167. The minimum absolute atomic E-state index is 0.177. The molecule has 0 unspecified atom stereocenters. The van der Waals surface area contributed by atoms with E-state index < -0.39 is 11.2 Å². The Balaban J connectivity index is 1.94. The van der Waals surface area contributed by atoms with Gasteiger partial charge >= 0.3 is 5.69 Å². The number of nitrogens with one attached hydrogen (secondary N) is 2. The van der Waals surface area contributed by atoms with Gasteiger partial charge in [-0.15, -0.1) is 0 Å². The third-order valence-corrected chi connectivity index (χ3v) is 3.71. The van der Waals surface area contributed by atoms with Crippen LogP contribution < -0.4 is 16.6 Å². The van der Waals surface area contributed by atoms with E-state index in [4.69, 9.17) is 0 Å². The summed E-state index contributed by atoms with van der Waals surface area (Å²) in [5.41, 5.74) is 2.13. The number of carbonyl (C=O) groups excluding carboxylic acids is 1. The third-order valence-electron chi connectivity index (χ3n) is 3.71. The van der Waals surface area contributed by atoms with Crippen LogP contribution in [-0.4, -0.2) is 15.5 Å². The van der Waals surface area contributed by atoms with E-state index in [1.165, 1.54) is 4.57 Å². The van der Waals surface area contributed by atoms with Gasteiger partial charge in [0, 0.05) is 5.69 Å². The second kappa shape index (κ2) is 6.16. The van der Waals surface area contributed by atoms with Gasteiger partial charge in [0.1, 0.15) is 6.54 Å². The first-order chi connectivity index (χ1) is 11.4. The van der Waals surface area contributed by atoms with Gasteiger partial charge in [-0.3, -0.25) is 19.1 Å². The normalized spacial score (nSPS) is 10.8. The number of aromatic nitrogens is 2. The van der Waals surface area contributed by atoms with Gasteiger partial charge < -0.3 is 5.32 Å². The van der Waals surface area contributed by atoms with Crippen molar-refractivity contribution in [1.29, 1.82) is 0 Å². The van der Waals surface area contributed by atoms with Crippen molar-refractivity contribution < 1.29 is 4.79 Å². The molecule has 0 bridgehead atoms. The number of para-hydroxylation sites is 1. The van der Waals surface area contributed by atoms with Gasteiger partial charge in [-0.05, 0) is 49.2 Å². The second-order valence-corrected chi connectivity index (χ2v) is 5.79. The predicted octanol–water partition coefficient (Wildman–Crippen LogP) is 1.95. The highest BCUT2D eigenvalue weighted by atomic mass is 16.2. The van der Waals surface area contributed by atoms with Crippen LogP contribution in [-0.2, 0) is 11.3 Å². The average molecular weight is 323 g/mol. The maximum Gasteiger partial charge on any atom is 0.329 e. The Kier molecular flexibility index (Phi) is 4.04. The van der Waals surface area contributed by atoms with E-state index in [1.54, 1.807) is 24.3 Å². The molecule has 0 aliphatic carbocycles. The maximum atomic E-state index is 12.3. The predicted molar refractivity (Wildman–Crippen MR) is 93.4 cm³/mol. The summed E-state index contributed by atoms with van der Waals surface area (Å²) in [5.74, 6) is -0.334. The summed E-state index contributed by atoms with van der Waals surface area (Å²) in [6, 6.07) is 12.4. The number of nitrogens with zero attached hydrogens (tertiary/aromatic N) is 1. The van der Waals surface area contributed by atoms with Crippen LogP contribution in [0.15, 0.2) is 52.1 Å². The Hall–Kier alpha value is -3.15. The first-order valence-corrected chi connectivity index (χ1v) is 7.54. The molecule has 1 amide bonds. The van der Waals surface area contributed by atoms with Gasteiger partial charge in [0.05, 0.1) is 10.9 Å². The summed E-state index contributed by atoms with van der Waals surface area (Å²) in [6.07, 6.45) is 0. The lowest BCUT2D eigenvalue weighted by Gasteiger charge is -2.11. The monoisotopic (exact) mass is 323 g/mol. The molecule has 0 fully saturated rings. The van der Waals surface area contributed by atoms with Crippen LogP contribution in [0.3, 0.4) is 0 Å². The molecular weight excluding hydrogens is 306 g/mol. The Morgan fingerprint density at radius 1 is 1.08 bits per heavy atom. The molecule has 2 aromatic carbocycles. The molecule has 0 aliphatic heterocycles. The van der Waals surface area contributed by atoms with E-state index in [0.29, 0.717) is 16.6 Å². The first-order valence-electron chi connectivity index (χ1n) is 7.54. The van der Waals surface area contributed by atoms with E-state index >= 15 is 0 Å². The van der Waals surface area contributed by atoms with E-state index in [9.17, 15) is 14.4 Å². The fourth-order valence-corrected chi connectivity index (χ4v) is 2.79. The lowest BCUT2D eigenvalue weighted by atomic mass is 10.1. The second-order valence-electron chi connectivity index (χ2n) is 5.79. The minimum atomic E-state index is -0.603. The maximum absolute atomic E-state index is 12.3. The number of rotatable bonds is 3. The van der Waals surface area contributed by atoms with Gasteiger partial charge in [0.2, 0.25) is 5.91 Å². The van der Waals surface area contributed by atoms with Gasteiger partial charge in [-0.1, -0.05) is 18.2 Å². The van der Waals surface area contributed by atoms with Crippen molar-refractivity contribution in [2.75, 3.05) is 5.32 Å². The fourth-order valence-electron chi connectivity index (χ4n) is 2.79. The molecule has 1 aromatic heterocycles. The Morgan fingerprint density at radius 3 is 2.46 bits per heavy atom. The van der Waals surface area contributed by atoms with Gasteiger partial charge in [0.25, 0.3) is 5.56 Å². The van der Waals surface area contributed by atoms with Crippen LogP contribution in [0.4, 0.5) is 5.69 Å². The molecule has 6 heteroatoms. The molecule has 0 spiro atoms. The van der Waals surface area contributed by atoms with Gasteiger partial charge in [0.15, 0.2) is 0 Å². The number of aromatic amines is 1. The number of benzene rings is 2. The van der Waals surface area contributed by atoms with Crippen LogP contribution in [0.2, 0.25) is 0 Å². The molecule has 3 aromatic rings. The molecule has 122 valence electrons. The zero-order valence-electron chi connectivity index (χ0n) is 13.4. The highest BCUT2D eigenvalue weighted by Gasteiger charge is 2.11. The van der Waals surface area contributed by atoms with Gasteiger partial charge in [-0.2, -0.15) is 0 Å². The van der Waals surface area contributed by atoms with Crippen LogP contribution in [0, 0.1) is 13.8 Å². The zero-order chi connectivity index (χ0) is 17.3. The van der Waals surface area contributed by atoms with Crippen molar-refractivity contribution in [1.82, 2.24) is 9.55 Å². The molecule has 6 nitrogen and oxygen atoms in total. The topological polar surface area (TPSA) is 84.0 Å². The number of hydrogen-bond acceptors (Lipinski definition) is 3. The highest BCUT2D eigenvalue weighted by molar-refractivity contribution is 5.91. The number of fused-ring (bicyclic) bond motifs is 1. The number of carbonyl (C=O) groups is 1. The molecule has 24 heavy (non-hydrogen) atoms. The van der Waals surface area contributed by atoms with Crippen molar-refractivity contribution in [2.24, 2.45) is 0 Å². The molecule has 0 saturated carbocycles. The molecule has 1 heterocycles. The van der Waals surface area contributed by atoms with Crippen molar-refractivity contribution in [3.63, 3.8) is 0 Å². The quantitative estimate of drug-likeness (QED) is 0.772. The van der Waals surface area contributed by atoms with E-state index in [2.05, 4.69) is 10.3 Å². The molecule has 0 radical (unpaired) electrons. The minimum Gasteiger partial charge on any atom is -0.325 e. The van der Waals surface area contributed by atoms with Crippen molar-refractivity contribution in [2.45, 2.75) is 20.4 Å². The number of H-pyrrole nitrogens is 1. The van der Waals surface area contributed by atoms with E-state index in [-0.39, 0.29) is 12.5 Å². The Bertz CT molecular complexity index is 1030. The molecule has 0 saturated heterocycles. The van der Waals surface area contributed by atoms with Crippen molar-refractivity contribution in [3.8, 4) is 0 Å². The lowest BCUT2D eigenvalue weighted by Crippen LogP contribution is -2.34. The van der Waals surface area contributed by atoms with Gasteiger partial charge in [-0.25, -0.2) is 4.79 Å². The van der Waals surface area contributed by atoms with Crippen LogP contribution in [0.1, 0.15) is 11.1 Å². The average Bonchev–Trinajstić information content (AvgIpc) is 2.50. The zero-order valence-corrected chi connectivity index (χ0v) is 13.4. The third kappa shape index (κ3) is 3.12. The number of anilines is 1. The summed E-state index contributed by atoms with van der Waals surface area (Å²) >= 11 is 0. The highest BCUT2D eigenvalue weighted by Crippen LogP contribution is 2.14. The smallest absolute Gasteiger partial charge is 0.325 e. The first kappa shape index (κ1) is 15.7. The SMILES string of the molecule is Cc1cc(C)cc(NC(=O)Cn2c(=O)[nH]c(=O)c3ccccc32)c1. The number of hydrogen-bond donors (Lipinski definition) is 2. The van der Waals surface area contributed by atoms with E-state index in [0.717, 1.165) is 11.1 Å². The lowest BCUT2D eigenvalue weighted by molar-refractivity contribution is -0.116.